The van der Waals surface area contributed by atoms with Crippen molar-refractivity contribution >= 4 is 22.9 Å². The molecule has 7 nitrogen and oxygen atoms in total. The van der Waals surface area contributed by atoms with Crippen molar-refractivity contribution in [2.45, 2.75) is 84.2 Å². The fraction of sp³-hybridized carbons (Fsp3) is 0.750. The van der Waals surface area contributed by atoms with E-state index in [4.69, 9.17) is 4.98 Å². The summed E-state index contributed by atoms with van der Waals surface area (Å²) in [6.45, 7) is 7.32. The Morgan fingerprint density at radius 2 is 1.84 bits per heavy atom. The van der Waals surface area contributed by atoms with Gasteiger partial charge in [0.05, 0.1) is 0 Å². The van der Waals surface area contributed by atoms with E-state index < -0.39 is 0 Å². The van der Waals surface area contributed by atoms with E-state index in [0.29, 0.717) is 17.9 Å². The molecule has 2 aliphatic heterocycles. The molecule has 1 N–H and O–H groups in total. The molecule has 3 atom stereocenters. The van der Waals surface area contributed by atoms with Crippen molar-refractivity contribution < 1.29 is 4.79 Å². The first-order chi connectivity index (χ1) is 15.1. The van der Waals surface area contributed by atoms with Gasteiger partial charge in [-0.3, -0.25) is 4.79 Å². The number of hydrogen-bond acceptors (Lipinski definition) is 5. The highest BCUT2D eigenvalue weighted by molar-refractivity contribution is 5.84. The summed E-state index contributed by atoms with van der Waals surface area (Å²) in [5, 5.41) is 3.39. The zero-order valence-electron chi connectivity index (χ0n) is 19.0. The summed E-state index contributed by atoms with van der Waals surface area (Å²) >= 11 is 0. The van der Waals surface area contributed by atoms with Crippen LogP contribution >= 0.6 is 0 Å². The minimum Gasteiger partial charge on any atom is -0.355 e. The molecule has 5 rings (SSSR count). The second kappa shape index (κ2) is 8.75. The van der Waals surface area contributed by atoms with Gasteiger partial charge < -0.3 is 14.8 Å². The second-order valence-corrected chi connectivity index (χ2v) is 10.0. The first kappa shape index (κ1) is 20.7. The van der Waals surface area contributed by atoms with Crippen LogP contribution in [0.3, 0.4) is 0 Å². The first-order valence-electron chi connectivity index (χ1n) is 12.4. The molecule has 168 valence electrons. The van der Waals surface area contributed by atoms with Gasteiger partial charge in [-0.05, 0) is 43.9 Å². The second-order valence-electron chi connectivity index (χ2n) is 10.0. The lowest BCUT2D eigenvalue weighted by atomic mass is 9.78. The Morgan fingerprint density at radius 3 is 2.68 bits per heavy atom. The van der Waals surface area contributed by atoms with Crippen LogP contribution in [0, 0.1) is 17.8 Å². The predicted octanol–water partition coefficient (Wildman–Crippen LogP) is 3.71. The lowest BCUT2D eigenvalue weighted by Gasteiger charge is -2.37. The number of nitrogens with one attached hydrogen (secondary N) is 1. The number of amides is 1. The number of rotatable bonds is 3. The molecular formula is C24H36N6O. The van der Waals surface area contributed by atoms with Crippen molar-refractivity contribution in [1.82, 2.24) is 24.8 Å². The maximum Gasteiger partial charge on any atom is 0.223 e. The third-order valence-electron chi connectivity index (χ3n) is 8.07. The number of imidazole rings is 1. The number of piperidine rings is 1. The molecule has 1 amide bonds. The van der Waals surface area contributed by atoms with Gasteiger partial charge in [-0.2, -0.15) is 0 Å². The van der Waals surface area contributed by atoms with Crippen LogP contribution in [0.25, 0.3) is 11.2 Å². The molecule has 1 aliphatic carbocycles. The Labute approximate surface area is 185 Å². The third kappa shape index (κ3) is 4.03. The molecule has 7 heteroatoms. The van der Waals surface area contributed by atoms with Crippen molar-refractivity contribution in [1.29, 1.82) is 0 Å². The molecule has 1 saturated carbocycles. The third-order valence-corrected chi connectivity index (χ3v) is 8.07. The average Bonchev–Trinajstić information content (AvgIpc) is 2.98. The van der Waals surface area contributed by atoms with Gasteiger partial charge in [0.2, 0.25) is 5.91 Å². The van der Waals surface area contributed by atoms with Crippen molar-refractivity contribution in [2.75, 3.05) is 18.0 Å². The Kier molecular flexibility index (Phi) is 5.85. The molecule has 0 aromatic carbocycles. The van der Waals surface area contributed by atoms with Gasteiger partial charge in [0, 0.05) is 38.0 Å². The van der Waals surface area contributed by atoms with Crippen LogP contribution in [-0.4, -0.2) is 44.6 Å². The van der Waals surface area contributed by atoms with E-state index in [1.807, 2.05) is 0 Å². The summed E-state index contributed by atoms with van der Waals surface area (Å²) in [6, 6.07) is 0.344. The van der Waals surface area contributed by atoms with Crippen LogP contribution in [-0.2, 0) is 17.8 Å². The van der Waals surface area contributed by atoms with E-state index >= 15 is 0 Å². The van der Waals surface area contributed by atoms with Crippen LogP contribution in [0.2, 0.25) is 0 Å². The molecule has 1 saturated heterocycles. The van der Waals surface area contributed by atoms with Crippen molar-refractivity contribution in [3.63, 3.8) is 0 Å². The van der Waals surface area contributed by atoms with E-state index in [1.54, 1.807) is 6.33 Å². The van der Waals surface area contributed by atoms with E-state index in [2.05, 4.69) is 38.6 Å². The van der Waals surface area contributed by atoms with Crippen LogP contribution in [0.1, 0.15) is 71.0 Å². The van der Waals surface area contributed by atoms with Crippen LogP contribution in [0.5, 0.6) is 0 Å². The number of nitrogens with zero attached hydrogens (tertiary/aromatic N) is 5. The highest BCUT2D eigenvalue weighted by atomic mass is 16.2. The zero-order valence-corrected chi connectivity index (χ0v) is 19.0. The number of carbonyl (C=O) groups excluding carboxylic acids is 1. The molecule has 0 radical (unpaired) electrons. The standard InChI is InChI=1S/C24H36N6O/c1-16-7-6-8-19(17(16)2)27-24(31)18-10-13-29(14-11-18)22-21-23(26-15-25-22)30-12-5-3-4-9-20(30)28-21/h15-19H,3-14H2,1-2H3,(H,27,31)/t16-,17-,19+/m1/s1. The van der Waals surface area contributed by atoms with Crippen LogP contribution < -0.4 is 10.2 Å². The number of fused-ring (bicyclic) bond motifs is 3. The molecular weight excluding hydrogens is 388 g/mol. The monoisotopic (exact) mass is 424 g/mol. The smallest absolute Gasteiger partial charge is 0.223 e. The summed E-state index contributed by atoms with van der Waals surface area (Å²) in [6.07, 6.45) is 11.8. The Balaban J connectivity index is 1.25. The normalized spacial score (nSPS) is 27.7. The summed E-state index contributed by atoms with van der Waals surface area (Å²) in [5.74, 6) is 3.73. The van der Waals surface area contributed by atoms with E-state index in [-0.39, 0.29) is 11.8 Å². The highest BCUT2D eigenvalue weighted by Crippen LogP contribution is 2.32. The predicted molar refractivity (Wildman–Crippen MR) is 122 cm³/mol. The van der Waals surface area contributed by atoms with Crippen molar-refractivity contribution in [3.05, 3.63) is 12.2 Å². The quantitative estimate of drug-likeness (QED) is 0.813. The van der Waals surface area contributed by atoms with Crippen LogP contribution in [0.15, 0.2) is 6.33 Å². The Hall–Kier alpha value is -2.18. The topological polar surface area (TPSA) is 75.9 Å². The molecule has 0 bridgehead atoms. The number of hydrogen-bond donors (Lipinski definition) is 1. The van der Waals surface area contributed by atoms with E-state index in [0.717, 1.165) is 68.1 Å². The summed E-state index contributed by atoms with van der Waals surface area (Å²) < 4.78 is 2.29. The number of aryl methyl sites for hydroxylation is 2. The molecule has 0 spiro atoms. The molecule has 31 heavy (non-hydrogen) atoms. The van der Waals surface area contributed by atoms with Gasteiger partial charge in [0.15, 0.2) is 17.0 Å². The van der Waals surface area contributed by atoms with Gasteiger partial charge >= 0.3 is 0 Å². The average molecular weight is 425 g/mol. The van der Waals surface area contributed by atoms with Gasteiger partial charge in [-0.25, -0.2) is 15.0 Å². The molecule has 4 heterocycles. The number of carbonyl (C=O) groups is 1. The molecule has 0 unspecified atom stereocenters. The Bertz CT molecular complexity index is 932. The van der Waals surface area contributed by atoms with Crippen molar-refractivity contribution in [3.8, 4) is 0 Å². The zero-order chi connectivity index (χ0) is 21.4. The summed E-state index contributed by atoms with van der Waals surface area (Å²) in [7, 11) is 0. The van der Waals surface area contributed by atoms with Gasteiger partial charge in [-0.15, -0.1) is 0 Å². The van der Waals surface area contributed by atoms with Gasteiger partial charge in [0.1, 0.15) is 12.2 Å². The molecule has 3 aliphatic rings. The van der Waals surface area contributed by atoms with Gasteiger partial charge in [-0.1, -0.05) is 33.1 Å². The first-order valence-corrected chi connectivity index (χ1v) is 12.4. The lowest BCUT2D eigenvalue weighted by molar-refractivity contribution is -0.127. The highest BCUT2D eigenvalue weighted by Gasteiger charge is 2.32. The largest absolute Gasteiger partial charge is 0.355 e. The molecule has 2 aromatic heterocycles. The SMILES string of the molecule is C[C@@H]1[C@H](C)CCC[C@@H]1NC(=O)C1CCN(c2ncnc3c2nc2n3CCCCC2)CC1. The van der Waals surface area contributed by atoms with Crippen molar-refractivity contribution in [2.24, 2.45) is 17.8 Å². The molecule has 2 fully saturated rings. The Morgan fingerprint density at radius 1 is 1.00 bits per heavy atom. The van der Waals surface area contributed by atoms with E-state index in [9.17, 15) is 4.79 Å². The molecule has 2 aromatic rings. The number of aromatic nitrogens is 4. The van der Waals surface area contributed by atoms with Crippen LogP contribution in [0.4, 0.5) is 5.82 Å². The minimum absolute atomic E-state index is 0.108. The minimum atomic E-state index is 0.108. The van der Waals surface area contributed by atoms with Gasteiger partial charge in [0.25, 0.3) is 0 Å². The lowest BCUT2D eigenvalue weighted by Crippen LogP contribution is -2.48. The number of anilines is 1. The summed E-state index contributed by atoms with van der Waals surface area (Å²) in [5.41, 5.74) is 1.91. The maximum atomic E-state index is 13.0. The fourth-order valence-electron chi connectivity index (χ4n) is 5.80. The fourth-order valence-corrected chi connectivity index (χ4v) is 5.80. The maximum absolute atomic E-state index is 13.0. The summed E-state index contributed by atoms with van der Waals surface area (Å²) in [4.78, 5) is 29.4. The van der Waals surface area contributed by atoms with E-state index in [1.165, 1.54) is 32.1 Å².